The molecule has 0 aromatic heterocycles. The van der Waals surface area contributed by atoms with Gasteiger partial charge >= 0.3 is 13.3 Å². The molecule has 1 atom stereocenters. The molecule has 32 heavy (non-hydrogen) atoms. The maximum atomic E-state index is 13.4. The highest BCUT2D eigenvalue weighted by Gasteiger charge is 2.40. The summed E-state index contributed by atoms with van der Waals surface area (Å²) in [6.07, 6.45) is 0. The van der Waals surface area contributed by atoms with Gasteiger partial charge in [0.2, 0.25) is 11.1 Å². The molecule has 164 valence electrons. The Labute approximate surface area is 186 Å². The van der Waals surface area contributed by atoms with Gasteiger partial charge < -0.3 is 18.9 Å². The minimum absolute atomic E-state index is 0.0582. The molecule has 3 rings (SSSR count). The lowest BCUT2D eigenvalue weighted by molar-refractivity contribution is 0.103. The second kappa shape index (κ2) is 10.1. The van der Waals surface area contributed by atoms with E-state index in [1.165, 1.54) is 40.6 Å². The van der Waals surface area contributed by atoms with Gasteiger partial charge in [-0.1, -0.05) is 22.8 Å². The van der Waals surface area contributed by atoms with E-state index in [4.69, 9.17) is 18.9 Å². The largest absolute Gasteiger partial charge is 0.497 e. The molecule has 0 N–H and O–H groups in total. The Bertz CT molecular complexity index is 1160. The van der Waals surface area contributed by atoms with Gasteiger partial charge in [0, 0.05) is 6.07 Å². The van der Waals surface area contributed by atoms with Crippen LogP contribution in [0.3, 0.4) is 0 Å². The summed E-state index contributed by atoms with van der Waals surface area (Å²) in [6.45, 7) is 0. The van der Waals surface area contributed by atoms with Gasteiger partial charge in [-0.25, -0.2) is 4.79 Å². The predicted octanol–water partition coefficient (Wildman–Crippen LogP) is 4.25. The molecule has 3 aromatic carbocycles. The van der Waals surface area contributed by atoms with Crippen LogP contribution in [0.5, 0.6) is 23.0 Å². The van der Waals surface area contributed by atoms with Crippen molar-refractivity contribution in [3.8, 4) is 23.0 Å². The van der Waals surface area contributed by atoms with Gasteiger partial charge in [-0.3, -0.25) is 4.79 Å². The van der Waals surface area contributed by atoms with Crippen molar-refractivity contribution in [1.29, 1.82) is 0 Å². The summed E-state index contributed by atoms with van der Waals surface area (Å²) >= 11 is 0. The summed E-state index contributed by atoms with van der Waals surface area (Å²) in [7, 11) is 3.11. The molecule has 0 amide bonds. The van der Waals surface area contributed by atoms with E-state index in [-0.39, 0.29) is 33.5 Å². The highest BCUT2D eigenvalue weighted by molar-refractivity contribution is 7.71. The van der Waals surface area contributed by atoms with E-state index >= 15 is 0 Å². The van der Waals surface area contributed by atoms with Crippen molar-refractivity contribution in [3.63, 3.8) is 0 Å². The van der Waals surface area contributed by atoms with Crippen LogP contribution in [0, 0.1) is 0 Å². The molecule has 0 fully saturated rings. The number of hydrogen-bond acceptors (Lipinski definition) is 7. The molecule has 0 spiro atoms. The Kier molecular flexibility index (Phi) is 7.23. The Morgan fingerprint density at radius 1 is 0.688 bits per heavy atom. The highest BCUT2D eigenvalue weighted by atomic mass is 31.1. The SMILES string of the molecule is COc1ccc(C(=O)c2ccccc2[P+](=O)C(=O)c2c(OC)cccc2OC)c(OC)c1. The summed E-state index contributed by atoms with van der Waals surface area (Å²) in [4.78, 5) is 26.6. The Morgan fingerprint density at radius 3 is 1.91 bits per heavy atom. The zero-order valence-electron chi connectivity index (χ0n) is 18.1. The molecule has 0 heterocycles. The standard InChI is InChI=1S/C24H22O7P/c1-28-15-12-13-16(20(14-15)31-4)23(25)17-8-5-6-11-21(17)32(27)24(26)22-18(29-2)9-7-10-19(22)30-3/h5-14H,1-4H3/q+1. The van der Waals surface area contributed by atoms with Crippen LogP contribution in [-0.2, 0) is 4.57 Å². The molecule has 7 nitrogen and oxygen atoms in total. The Hall–Kier alpha value is -3.70. The molecular weight excluding hydrogens is 431 g/mol. The zero-order valence-corrected chi connectivity index (χ0v) is 19.0. The van der Waals surface area contributed by atoms with Crippen LogP contribution in [0.25, 0.3) is 0 Å². The Balaban J connectivity index is 2.07. The van der Waals surface area contributed by atoms with Crippen LogP contribution in [0.15, 0.2) is 60.7 Å². The third-order valence-corrected chi connectivity index (χ3v) is 6.27. The van der Waals surface area contributed by atoms with E-state index in [9.17, 15) is 14.2 Å². The fourth-order valence-corrected chi connectivity index (χ4v) is 4.51. The normalized spacial score (nSPS) is 10.8. The lowest BCUT2D eigenvalue weighted by Gasteiger charge is -2.10. The average molecular weight is 453 g/mol. The van der Waals surface area contributed by atoms with Crippen molar-refractivity contribution in [2.75, 3.05) is 28.4 Å². The van der Waals surface area contributed by atoms with E-state index in [0.717, 1.165) is 0 Å². The fraction of sp³-hybridized carbons (Fsp3) is 0.167. The average Bonchev–Trinajstić information content (AvgIpc) is 2.86. The number of carbonyl (C=O) groups excluding carboxylic acids is 2. The van der Waals surface area contributed by atoms with Gasteiger partial charge in [0.15, 0.2) is 5.56 Å². The summed E-state index contributed by atoms with van der Waals surface area (Å²) in [6, 6.07) is 15.9. The van der Waals surface area contributed by atoms with Crippen LogP contribution in [0.1, 0.15) is 26.3 Å². The number of carbonyl (C=O) groups is 2. The topological polar surface area (TPSA) is 88.1 Å². The van der Waals surface area contributed by atoms with Gasteiger partial charge in [-0.15, -0.1) is 0 Å². The number of methoxy groups -OCH3 is 4. The maximum absolute atomic E-state index is 13.4. The van der Waals surface area contributed by atoms with Crippen molar-refractivity contribution < 1.29 is 33.1 Å². The van der Waals surface area contributed by atoms with Crippen molar-refractivity contribution >= 4 is 24.4 Å². The monoisotopic (exact) mass is 453 g/mol. The summed E-state index contributed by atoms with van der Waals surface area (Å²) in [5.74, 6) is 0.869. The third-order valence-electron chi connectivity index (χ3n) is 4.85. The molecule has 3 aromatic rings. The van der Waals surface area contributed by atoms with E-state index in [2.05, 4.69) is 0 Å². The molecule has 0 radical (unpaired) electrons. The van der Waals surface area contributed by atoms with Gasteiger partial charge in [0.25, 0.3) is 0 Å². The molecular formula is C24H22O7P+. The molecule has 0 aliphatic heterocycles. The van der Waals surface area contributed by atoms with Crippen molar-refractivity contribution in [3.05, 3.63) is 77.4 Å². The van der Waals surface area contributed by atoms with Crippen molar-refractivity contribution in [2.24, 2.45) is 0 Å². The van der Waals surface area contributed by atoms with E-state index in [1.54, 1.807) is 48.5 Å². The Morgan fingerprint density at radius 2 is 1.31 bits per heavy atom. The van der Waals surface area contributed by atoms with Crippen molar-refractivity contribution in [1.82, 2.24) is 0 Å². The third kappa shape index (κ3) is 4.34. The second-order valence-electron chi connectivity index (χ2n) is 6.55. The lowest BCUT2D eigenvalue weighted by Crippen LogP contribution is -2.17. The first kappa shape index (κ1) is 23.0. The number of ketones is 1. The number of ether oxygens (including phenoxy) is 4. The minimum atomic E-state index is -2.66. The second-order valence-corrected chi connectivity index (χ2v) is 8.03. The fourth-order valence-electron chi connectivity index (χ4n) is 3.25. The molecule has 0 saturated heterocycles. The van der Waals surface area contributed by atoms with Gasteiger partial charge in [0.1, 0.15) is 23.0 Å². The predicted molar refractivity (Wildman–Crippen MR) is 121 cm³/mol. The highest BCUT2D eigenvalue weighted by Crippen LogP contribution is 2.38. The van der Waals surface area contributed by atoms with Crippen LogP contribution in [-0.4, -0.2) is 39.7 Å². The van der Waals surface area contributed by atoms with E-state index in [1.807, 2.05) is 0 Å². The summed E-state index contributed by atoms with van der Waals surface area (Å²) in [5.41, 5.74) is -0.245. The zero-order chi connectivity index (χ0) is 23.3. The van der Waals surface area contributed by atoms with Crippen LogP contribution >= 0.6 is 7.80 Å². The van der Waals surface area contributed by atoms with Crippen LogP contribution in [0.2, 0.25) is 0 Å². The first-order valence-electron chi connectivity index (χ1n) is 9.55. The minimum Gasteiger partial charge on any atom is -0.497 e. The van der Waals surface area contributed by atoms with E-state index < -0.39 is 19.1 Å². The van der Waals surface area contributed by atoms with Gasteiger partial charge in [0.05, 0.1) is 39.6 Å². The first-order valence-corrected chi connectivity index (χ1v) is 10.8. The molecule has 0 aliphatic carbocycles. The molecule has 0 saturated carbocycles. The summed E-state index contributed by atoms with van der Waals surface area (Å²) in [5, 5.41) is 0.114. The number of rotatable bonds is 9. The number of hydrogen-bond donors (Lipinski definition) is 0. The molecule has 1 unspecified atom stereocenters. The van der Waals surface area contributed by atoms with Gasteiger partial charge in [-0.2, -0.15) is 0 Å². The van der Waals surface area contributed by atoms with Crippen LogP contribution in [0.4, 0.5) is 0 Å². The number of benzene rings is 3. The maximum Gasteiger partial charge on any atom is 0.459 e. The van der Waals surface area contributed by atoms with Crippen LogP contribution < -0.4 is 24.3 Å². The van der Waals surface area contributed by atoms with Crippen molar-refractivity contribution in [2.45, 2.75) is 0 Å². The van der Waals surface area contributed by atoms with E-state index in [0.29, 0.717) is 11.5 Å². The molecule has 8 heteroatoms. The first-order chi connectivity index (χ1) is 15.5. The lowest BCUT2D eigenvalue weighted by atomic mass is 10.0. The quantitative estimate of drug-likeness (QED) is 0.354. The molecule has 0 aliphatic rings. The summed E-state index contributed by atoms with van der Waals surface area (Å²) < 4.78 is 34.4. The molecule has 0 bridgehead atoms. The van der Waals surface area contributed by atoms with Gasteiger partial charge in [-0.05, 0) is 36.4 Å². The smallest absolute Gasteiger partial charge is 0.459 e.